The molecule has 0 unspecified atom stereocenters. The van der Waals surface area contributed by atoms with Crippen LogP contribution in [-0.2, 0) is 0 Å². The summed E-state index contributed by atoms with van der Waals surface area (Å²) in [5, 5.41) is 0. The molecule has 4 nitrogen and oxygen atoms in total. The minimum absolute atomic E-state index is 0.237. The minimum atomic E-state index is 0.237. The zero-order valence-corrected chi connectivity index (χ0v) is 9.38. The van der Waals surface area contributed by atoms with Gasteiger partial charge in [0.1, 0.15) is 11.5 Å². The Bertz CT molecular complexity index is 502. The van der Waals surface area contributed by atoms with E-state index in [4.69, 9.17) is 13.9 Å². The molecule has 1 heterocycles. The Morgan fingerprint density at radius 3 is 2.76 bits per heavy atom. The molecule has 0 aliphatic rings. The predicted octanol–water partition coefficient (Wildman–Crippen LogP) is 3.28. The van der Waals surface area contributed by atoms with Gasteiger partial charge in [-0.15, -0.1) is 0 Å². The van der Waals surface area contributed by atoms with Crippen LogP contribution in [0.4, 0.5) is 0 Å². The largest absolute Gasteiger partial charge is 0.494 e. The van der Waals surface area contributed by atoms with E-state index in [1.807, 2.05) is 19.1 Å². The van der Waals surface area contributed by atoms with Gasteiger partial charge in [0.05, 0.1) is 6.61 Å². The first-order valence-corrected chi connectivity index (χ1v) is 5.27. The smallest absolute Gasteiger partial charge is 0.290 e. The second kappa shape index (κ2) is 5.21. The van der Waals surface area contributed by atoms with Gasteiger partial charge in [0.25, 0.3) is 5.95 Å². The first-order chi connectivity index (χ1) is 8.31. The highest BCUT2D eigenvalue weighted by molar-refractivity contribution is 5.70. The van der Waals surface area contributed by atoms with Crippen molar-refractivity contribution in [2.45, 2.75) is 6.92 Å². The van der Waals surface area contributed by atoms with E-state index in [-0.39, 0.29) is 11.7 Å². The van der Waals surface area contributed by atoms with Gasteiger partial charge in [0.2, 0.25) is 0 Å². The highest BCUT2D eigenvalue weighted by Crippen LogP contribution is 2.26. The van der Waals surface area contributed by atoms with Gasteiger partial charge in [-0.05, 0) is 25.1 Å². The molecule has 2 aromatic rings. The van der Waals surface area contributed by atoms with E-state index in [9.17, 15) is 4.79 Å². The molecule has 0 saturated heterocycles. The van der Waals surface area contributed by atoms with E-state index in [1.165, 1.54) is 0 Å². The molecule has 0 atom stereocenters. The normalized spacial score (nSPS) is 9.94. The zero-order chi connectivity index (χ0) is 12.1. The third kappa shape index (κ3) is 2.87. The Kier molecular flexibility index (Phi) is 3.45. The van der Waals surface area contributed by atoms with Crippen molar-refractivity contribution in [1.82, 2.24) is 0 Å². The molecule has 1 aromatic carbocycles. The molecule has 0 bridgehead atoms. The van der Waals surface area contributed by atoms with Gasteiger partial charge >= 0.3 is 0 Å². The maximum absolute atomic E-state index is 10.4. The summed E-state index contributed by atoms with van der Waals surface area (Å²) >= 11 is 0. The van der Waals surface area contributed by atoms with Crippen molar-refractivity contribution < 1.29 is 18.7 Å². The van der Waals surface area contributed by atoms with Crippen molar-refractivity contribution in [2.75, 3.05) is 6.61 Å². The lowest BCUT2D eigenvalue weighted by molar-refractivity contribution is 0.109. The van der Waals surface area contributed by atoms with Crippen LogP contribution in [0.2, 0.25) is 0 Å². The number of rotatable bonds is 5. The lowest BCUT2D eigenvalue weighted by Crippen LogP contribution is -1.91. The fraction of sp³-hybridized carbons (Fsp3) is 0.154. The van der Waals surface area contributed by atoms with Crippen LogP contribution in [0.15, 0.2) is 40.8 Å². The van der Waals surface area contributed by atoms with Crippen LogP contribution in [0.5, 0.6) is 17.4 Å². The van der Waals surface area contributed by atoms with E-state index < -0.39 is 0 Å². The number of carbonyl (C=O) groups excluding carboxylic acids is 1. The van der Waals surface area contributed by atoms with E-state index in [0.29, 0.717) is 18.6 Å². The van der Waals surface area contributed by atoms with Gasteiger partial charge in [0, 0.05) is 12.1 Å². The maximum atomic E-state index is 10.4. The summed E-state index contributed by atoms with van der Waals surface area (Å²) in [6.45, 7) is 2.51. The summed E-state index contributed by atoms with van der Waals surface area (Å²) in [6, 6.07) is 10.4. The number of hydrogen-bond donors (Lipinski definition) is 0. The summed E-state index contributed by atoms with van der Waals surface area (Å²) in [6.07, 6.45) is 0.628. The predicted molar refractivity (Wildman–Crippen MR) is 61.8 cm³/mol. The molecule has 0 N–H and O–H groups in total. The average molecular weight is 232 g/mol. The second-order valence-electron chi connectivity index (χ2n) is 3.28. The second-order valence-corrected chi connectivity index (χ2v) is 3.28. The molecule has 17 heavy (non-hydrogen) atoms. The Labute approximate surface area is 98.8 Å². The van der Waals surface area contributed by atoms with E-state index >= 15 is 0 Å². The molecule has 0 amide bonds. The molecule has 0 aliphatic carbocycles. The fourth-order valence-corrected chi connectivity index (χ4v) is 1.36. The number of aldehydes is 1. The molecule has 0 aliphatic heterocycles. The molecular formula is C13H12O4. The number of carbonyl (C=O) groups is 1. The van der Waals surface area contributed by atoms with Crippen LogP contribution in [0, 0.1) is 0 Å². The van der Waals surface area contributed by atoms with Crippen molar-refractivity contribution >= 4 is 6.29 Å². The molecule has 4 heteroatoms. The lowest BCUT2D eigenvalue weighted by Gasteiger charge is -2.05. The first kappa shape index (κ1) is 11.3. The van der Waals surface area contributed by atoms with Gasteiger partial charge < -0.3 is 13.9 Å². The van der Waals surface area contributed by atoms with Crippen LogP contribution in [0.1, 0.15) is 17.5 Å². The van der Waals surface area contributed by atoms with E-state index in [2.05, 4.69) is 0 Å². The first-order valence-electron chi connectivity index (χ1n) is 5.27. The average Bonchev–Trinajstić information content (AvgIpc) is 2.78. The van der Waals surface area contributed by atoms with Crippen molar-refractivity contribution in [3.63, 3.8) is 0 Å². The molecular weight excluding hydrogens is 220 g/mol. The van der Waals surface area contributed by atoms with Gasteiger partial charge in [-0.1, -0.05) is 6.07 Å². The Balaban J connectivity index is 2.12. The highest BCUT2D eigenvalue weighted by atomic mass is 16.6. The molecule has 0 fully saturated rings. The molecule has 0 spiro atoms. The van der Waals surface area contributed by atoms with Crippen LogP contribution in [-0.4, -0.2) is 12.9 Å². The van der Waals surface area contributed by atoms with E-state index in [0.717, 1.165) is 5.75 Å². The Morgan fingerprint density at radius 2 is 2.06 bits per heavy atom. The third-order valence-corrected chi connectivity index (χ3v) is 2.05. The number of furan rings is 1. The third-order valence-electron chi connectivity index (χ3n) is 2.05. The summed E-state index contributed by atoms with van der Waals surface area (Å²) in [5.74, 6) is 1.84. The number of benzene rings is 1. The fourth-order valence-electron chi connectivity index (χ4n) is 1.36. The quantitative estimate of drug-likeness (QED) is 0.742. The summed E-state index contributed by atoms with van der Waals surface area (Å²) < 4.78 is 15.9. The van der Waals surface area contributed by atoms with Crippen LogP contribution in [0.3, 0.4) is 0 Å². The molecule has 0 saturated carbocycles. The van der Waals surface area contributed by atoms with Crippen LogP contribution in [0.25, 0.3) is 0 Å². The number of ether oxygens (including phenoxy) is 2. The zero-order valence-electron chi connectivity index (χ0n) is 9.38. The van der Waals surface area contributed by atoms with Crippen molar-refractivity contribution in [2.24, 2.45) is 0 Å². The summed E-state index contributed by atoms with van der Waals surface area (Å²) in [4.78, 5) is 10.4. The summed E-state index contributed by atoms with van der Waals surface area (Å²) in [7, 11) is 0. The van der Waals surface area contributed by atoms with Gasteiger partial charge in [-0.3, -0.25) is 4.79 Å². The highest BCUT2D eigenvalue weighted by Gasteiger charge is 2.04. The van der Waals surface area contributed by atoms with Gasteiger partial charge in [0.15, 0.2) is 12.0 Å². The lowest BCUT2D eigenvalue weighted by atomic mass is 10.3. The summed E-state index contributed by atoms with van der Waals surface area (Å²) in [5.41, 5.74) is 0. The Hall–Kier alpha value is -2.23. The molecule has 88 valence electrons. The standard InChI is InChI=1S/C13H12O4/c1-2-15-10-4-3-5-11(8-10)16-13-7-6-12(9-14)17-13/h3-9H,2H2,1H3. The molecule has 1 aromatic heterocycles. The number of hydrogen-bond acceptors (Lipinski definition) is 4. The molecule has 0 radical (unpaired) electrons. The minimum Gasteiger partial charge on any atom is -0.494 e. The van der Waals surface area contributed by atoms with Gasteiger partial charge in [-0.25, -0.2) is 0 Å². The van der Waals surface area contributed by atoms with Crippen LogP contribution < -0.4 is 9.47 Å². The van der Waals surface area contributed by atoms with Crippen molar-refractivity contribution in [3.8, 4) is 17.4 Å². The van der Waals surface area contributed by atoms with Crippen molar-refractivity contribution in [1.29, 1.82) is 0 Å². The van der Waals surface area contributed by atoms with E-state index in [1.54, 1.807) is 24.3 Å². The van der Waals surface area contributed by atoms with Crippen LogP contribution >= 0.6 is 0 Å². The monoisotopic (exact) mass is 232 g/mol. The SMILES string of the molecule is CCOc1cccc(Oc2ccc(C=O)o2)c1. The Morgan fingerprint density at radius 1 is 1.24 bits per heavy atom. The maximum Gasteiger partial charge on any atom is 0.290 e. The molecule has 2 rings (SSSR count). The van der Waals surface area contributed by atoms with Gasteiger partial charge in [-0.2, -0.15) is 0 Å². The van der Waals surface area contributed by atoms with Crippen molar-refractivity contribution in [3.05, 3.63) is 42.2 Å². The topological polar surface area (TPSA) is 48.7 Å².